The molecule has 2 aromatic rings. The number of ether oxygens (including phenoxy) is 2. The van der Waals surface area contributed by atoms with Crippen LogP contribution in [0.1, 0.15) is 13.8 Å². The Morgan fingerprint density at radius 2 is 2.08 bits per heavy atom. The van der Waals surface area contributed by atoms with Crippen molar-refractivity contribution in [3.63, 3.8) is 0 Å². The van der Waals surface area contributed by atoms with Gasteiger partial charge in [-0.2, -0.15) is 5.10 Å². The maximum atomic E-state index is 12.4. The molecule has 0 fully saturated rings. The van der Waals surface area contributed by atoms with E-state index in [4.69, 9.17) is 9.47 Å². The Bertz CT molecular complexity index is 712. The van der Waals surface area contributed by atoms with E-state index < -0.39 is 6.10 Å². The molecule has 0 bridgehead atoms. The van der Waals surface area contributed by atoms with Gasteiger partial charge in [-0.15, -0.1) is 0 Å². The fraction of sp³-hybridized carbons (Fsp3) is 0.444. The van der Waals surface area contributed by atoms with E-state index in [1.807, 2.05) is 29.1 Å². The molecule has 134 valence electrons. The zero-order valence-corrected chi connectivity index (χ0v) is 14.6. The number of nitrogens with one attached hydrogen (secondary N) is 1. The Hall–Kier alpha value is -2.54. The molecule has 7 nitrogen and oxygen atoms in total. The van der Waals surface area contributed by atoms with Gasteiger partial charge >= 0.3 is 0 Å². The van der Waals surface area contributed by atoms with Crippen molar-refractivity contribution in [2.24, 2.45) is 0 Å². The Labute approximate surface area is 147 Å². The van der Waals surface area contributed by atoms with Crippen LogP contribution < -0.4 is 14.8 Å². The van der Waals surface area contributed by atoms with E-state index in [0.717, 1.165) is 26.2 Å². The standard InChI is InChI=1S/C18H24N4O3/c1-3-21(4-2)9-10-22-12-14(11-19-22)20-18(23)17-13-24-15-7-5-6-8-16(15)25-17/h5-8,11-12,17H,3-4,9-10,13H2,1-2H3,(H,20,23). The van der Waals surface area contributed by atoms with Crippen molar-refractivity contribution >= 4 is 11.6 Å². The SMILES string of the molecule is CCN(CC)CCn1cc(NC(=O)C2COc3ccccc3O2)cn1. The van der Waals surface area contributed by atoms with Crippen molar-refractivity contribution in [1.29, 1.82) is 0 Å². The molecule has 0 spiro atoms. The van der Waals surface area contributed by atoms with Crippen LogP contribution in [0.5, 0.6) is 11.5 Å². The summed E-state index contributed by atoms with van der Waals surface area (Å²) in [6.45, 7) is 8.22. The zero-order valence-electron chi connectivity index (χ0n) is 14.6. The second kappa shape index (κ2) is 8.02. The molecule has 2 heterocycles. The summed E-state index contributed by atoms with van der Waals surface area (Å²) in [6.07, 6.45) is 2.81. The zero-order chi connectivity index (χ0) is 17.6. The molecule has 3 rings (SSSR count). The molecular weight excluding hydrogens is 320 g/mol. The number of para-hydroxylation sites is 2. The van der Waals surface area contributed by atoms with Gasteiger partial charge in [0.15, 0.2) is 11.5 Å². The molecule has 1 N–H and O–H groups in total. The third-order valence-electron chi connectivity index (χ3n) is 4.24. The fourth-order valence-corrected chi connectivity index (χ4v) is 2.71. The second-order valence-corrected chi connectivity index (χ2v) is 5.87. The van der Waals surface area contributed by atoms with Gasteiger partial charge in [-0.3, -0.25) is 9.48 Å². The summed E-state index contributed by atoms with van der Waals surface area (Å²) in [5.74, 6) is 1.01. The molecule has 0 saturated heterocycles. The lowest BCUT2D eigenvalue weighted by atomic mass is 10.2. The normalized spacial score (nSPS) is 16.0. The molecule has 1 aliphatic rings. The number of benzene rings is 1. The van der Waals surface area contributed by atoms with Crippen molar-refractivity contribution in [2.75, 3.05) is 31.6 Å². The monoisotopic (exact) mass is 344 g/mol. The molecule has 1 atom stereocenters. The predicted molar refractivity (Wildman–Crippen MR) is 95.0 cm³/mol. The number of carbonyl (C=O) groups excluding carboxylic acids is 1. The van der Waals surface area contributed by atoms with Crippen LogP contribution in [0, 0.1) is 0 Å². The lowest BCUT2D eigenvalue weighted by Crippen LogP contribution is -2.40. The summed E-state index contributed by atoms with van der Waals surface area (Å²) in [7, 11) is 0. The van der Waals surface area contributed by atoms with Crippen LogP contribution in [0.2, 0.25) is 0 Å². The molecule has 1 aromatic carbocycles. The first-order valence-corrected chi connectivity index (χ1v) is 8.63. The second-order valence-electron chi connectivity index (χ2n) is 5.87. The summed E-state index contributed by atoms with van der Waals surface area (Å²) in [6, 6.07) is 7.33. The number of fused-ring (bicyclic) bond motifs is 1. The van der Waals surface area contributed by atoms with Gasteiger partial charge in [0.2, 0.25) is 6.10 Å². The quantitative estimate of drug-likeness (QED) is 0.832. The van der Waals surface area contributed by atoms with Gasteiger partial charge in [-0.25, -0.2) is 0 Å². The summed E-state index contributed by atoms with van der Waals surface area (Å²) in [5, 5.41) is 7.13. The topological polar surface area (TPSA) is 68.6 Å². The number of amides is 1. The number of hydrogen-bond donors (Lipinski definition) is 1. The maximum Gasteiger partial charge on any atom is 0.269 e. The summed E-state index contributed by atoms with van der Waals surface area (Å²) >= 11 is 0. The summed E-state index contributed by atoms with van der Waals surface area (Å²) < 4.78 is 13.1. The summed E-state index contributed by atoms with van der Waals surface area (Å²) in [4.78, 5) is 14.7. The first-order valence-electron chi connectivity index (χ1n) is 8.63. The molecule has 25 heavy (non-hydrogen) atoms. The highest BCUT2D eigenvalue weighted by atomic mass is 16.6. The van der Waals surface area contributed by atoms with E-state index in [9.17, 15) is 4.79 Å². The Morgan fingerprint density at radius 1 is 1.32 bits per heavy atom. The number of rotatable bonds is 7. The minimum absolute atomic E-state index is 0.193. The van der Waals surface area contributed by atoms with Crippen LogP contribution in [0.3, 0.4) is 0 Å². The third kappa shape index (κ3) is 4.30. The predicted octanol–water partition coefficient (Wildman–Crippen LogP) is 2.00. The van der Waals surface area contributed by atoms with Crippen LogP contribution in [0.15, 0.2) is 36.7 Å². The number of likely N-dealkylation sites (N-methyl/N-ethyl adjacent to an activating group) is 1. The van der Waals surface area contributed by atoms with Gasteiger partial charge in [0.1, 0.15) is 6.61 Å². The minimum atomic E-state index is -0.672. The van der Waals surface area contributed by atoms with E-state index in [0.29, 0.717) is 17.2 Å². The highest BCUT2D eigenvalue weighted by molar-refractivity contribution is 5.94. The van der Waals surface area contributed by atoms with Crippen LogP contribution in [0.4, 0.5) is 5.69 Å². The Kier molecular flexibility index (Phi) is 5.55. The van der Waals surface area contributed by atoms with Gasteiger partial charge in [0.25, 0.3) is 5.91 Å². The number of hydrogen-bond acceptors (Lipinski definition) is 5. The lowest BCUT2D eigenvalue weighted by Gasteiger charge is -2.25. The van der Waals surface area contributed by atoms with E-state index in [2.05, 4.69) is 29.2 Å². The van der Waals surface area contributed by atoms with Crippen LogP contribution in [-0.4, -0.2) is 52.9 Å². The van der Waals surface area contributed by atoms with Gasteiger partial charge in [-0.1, -0.05) is 26.0 Å². The molecule has 1 unspecified atom stereocenters. The van der Waals surface area contributed by atoms with Crippen molar-refractivity contribution < 1.29 is 14.3 Å². The number of anilines is 1. The van der Waals surface area contributed by atoms with Gasteiger partial charge in [0, 0.05) is 12.7 Å². The first kappa shape index (κ1) is 17.3. The molecule has 1 amide bonds. The van der Waals surface area contributed by atoms with E-state index in [1.165, 1.54) is 0 Å². The van der Waals surface area contributed by atoms with Crippen molar-refractivity contribution in [3.8, 4) is 11.5 Å². The minimum Gasteiger partial charge on any atom is -0.485 e. The number of carbonyl (C=O) groups is 1. The third-order valence-corrected chi connectivity index (χ3v) is 4.24. The smallest absolute Gasteiger partial charge is 0.269 e. The van der Waals surface area contributed by atoms with E-state index in [-0.39, 0.29) is 12.5 Å². The average molecular weight is 344 g/mol. The molecule has 1 aromatic heterocycles. The molecule has 7 heteroatoms. The van der Waals surface area contributed by atoms with Gasteiger partial charge < -0.3 is 19.7 Å². The highest BCUT2D eigenvalue weighted by Crippen LogP contribution is 2.31. The van der Waals surface area contributed by atoms with Crippen molar-refractivity contribution in [1.82, 2.24) is 14.7 Å². The van der Waals surface area contributed by atoms with E-state index >= 15 is 0 Å². The molecule has 0 radical (unpaired) electrons. The molecule has 1 aliphatic heterocycles. The van der Waals surface area contributed by atoms with Gasteiger partial charge in [-0.05, 0) is 25.2 Å². The molecular formula is C18H24N4O3. The van der Waals surface area contributed by atoms with Crippen molar-refractivity contribution in [3.05, 3.63) is 36.7 Å². The van der Waals surface area contributed by atoms with Crippen LogP contribution in [-0.2, 0) is 11.3 Å². The van der Waals surface area contributed by atoms with E-state index in [1.54, 1.807) is 12.3 Å². The highest BCUT2D eigenvalue weighted by Gasteiger charge is 2.27. The van der Waals surface area contributed by atoms with Gasteiger partial charge in [0.05, 0.1) is 18.4 Å². The average Bonchev–Trinajstić information content (AvgIpc) is 3.09. The Morgan fingerprint density at radius 3 is 2.84 bits per heavy atom. The largest absolute Gasteiger partial charge is 0.485 e. The first-order chi connectivity index (χ1) is 12.2. The van der Waals surface area contributed by atoms with Crippen molar-refractivity contribution in [2.45, 2.75) is 26.5 Å². The lowest BCUT2D eigenvalue weighted by molar-refractivity contribution is -0.125. The maximum absolute atomic E-state index is 12.4. The number of aromatic nitrogens is 2. The number of nitrogens with zero attached hydrogens (tertiary/aromatic N) is 3. The molecule has 0 aliphatic carbocycles. The summed E-state index contributed by atoms with van der Waals surface area (Å²) in [5.41, 5.74) is 0.659. The van der Waals surface area contributed by atoms with Crippen LogP contribution >= 0.6 is 0 Å². The fourth-order valence-electron chi connectivity index (χ4n) is 2.71. The Balaban J connectivity index is 1.54. The molecule has 0 saturated carbocycles. The van der Waals surface area contributed by atoms with Crippen LogP contribution in [0.25, 0.3) is 0 Å².